The second-order valence-electron chi connectivity index (χ2n) is 9.36. The molecule has 37 heavy (non-hydrogen) atoms. The molecule has 2 aliphatic rings. The van der Waals surface area contributed by atoms with E-state index in [1.54, 1.807) is 18.5 Å². The molecule has 8 heteroatoms. The van der Waals surface area contributed by atoms with Crippen LogP contribution in [0.25, 0.3) is 22.2 Å². The molecule has 0 spiro atoms. The lowest BCUT2D eigenvalue weighted by molar-refractivity contribution is 0.122. The minimum absolute atomic E-state index is 0.340. The average Bonchev–Trinajstić information content (AvgIpc) is 2.96. The molecule has 0 bridgehead atoms. The Kier molecular flexibility index (Phi) is 6.59. The first-order valence-corrected chi connectivity index (χ1v) is 12.7. The second-order valence-corrected chi connectivity index (χ2v) is 9.36. The Bertz CT molecular complexity index is 1400. The van der Waals surface area contributed by atoms with Gasteiger partial charge in [0.05, 0.1) is 49.2 Å². The number of rotatable bonds is 5. The fourth-order valence-corrected chi connectivity index (χ4v) is 5.15. The summed E-state index contributed by atoms with van der Waals surface area (Å²) >= 11 is 0. The fraction of sp³-hybridized carbons (Fsp3) is 0.310. The van der Waals surface area contributed by atoms with Gasteiger partial charge in [-0.05, 0) is 48.9 Å². The smallest absolute Gasteiger partial charge is 0.149 e. The maximum absolute atomic E-state index is 15.1. The molecule has 0 radical (unpaired) electrons. The van der Waals surface area contributed by atoms with Crippen molar-refractivity contribution < 1.29 is 13.9 Å². The van der Waals surface area contributed by atoms with E-state index in [9.17, 15) is 0 Å². The summed E-state index contributed by atoms with van der Waals surface area (Å²) in [5, 5.41) is 4.48. The molecule has 2 saturated heterocycles. The number of nitrogens with one attached hydrogen (secondary N) is 1. The van der Waals surface area contributed by atoms with Gasteiger partial charge in [0.15, 0.2) is 0 Å². The van der Waals surface area contributed by atoms with Crippen LogP contribution >= 0.6 is 0 Å². The number of halogens is 1. The van der Waals surface area contributed by atoms with Gasteiger partial charge < -0.3 is 24.6 Å². The van der Waals surface area contributed by atoms with E-state index in [2.05, 4.69) is 38.3 Å². The molecule has 2 aromatic carbocycles. The van der Waals surface area contributed by atoms with Gasteiger partial charge >= 0.3 is 0 Å². The first-order chi connectivity index (χ1) is 18.2. The number of anilines is 4. The standard InChI is InChI=1S/C29H30FN5O2/c1-20-27(21-4-3-9-31-19-21)33-29-23(5-2-6-24(29)30)28(20)32-25-18-22(34-10-14-36-15-11-34)7-8-26(25)35-12-16-37-17-13-35/h2-9,18-19H,10-17H2,1H3,(H,32,33). The van der Waals surface area contributed by atoms with Gasteiger partial charge in [-0.2, -0.15) is 0 Å². The molecule has 0 amide bonds. The molecule has 7 nitrogen and oxygen atoms in total. The van der Waals surface area contributed by atoms with Crippen molar-refractivity contribution in [1.82, 2.24) is 9.97 Å². The van der Waals surface area contributed by atoms with E-state index in [0.29, 0.717) is 24.4 Å². The highest BCUT2D eigenvalue weighted by atomic mass is 19.1. The van der Waals surface area contributed by atoms with E-state index in [4.69, 9.17) is 14.5 Å². The van der Waals surface area contributed by atoms with Crippen LogP contribution in [0.3, 0.4) is 0 Å². The molecular weight excluding hydrogens is 469 g/mol. The van der Waals surface area contributed by atoms with Gasteiger partial charge in [-0.3, -0.25) is 4.98 Å². The van der Waals surface area contributed by atoms with Crippen LogP contribution in [0.2, 0.25) is 0 Å². The van der Waals surface area contributed by atoms with Gasteiger partial charge in [0.1, 0.15) is 11.3 Å². The molecule has 4 heterocycles. The van der Waals surface area contributed by atoms with Crippen molar-refractivity contribution in [1.29, 1.82) is 0 Å². The van der Waals surface area contributed by atoms with Crippen LogP contribution in [0.15, 0.2) is 60.9 Å². The topological polar surface area (TPSA) is 62.8 Å². The van der Waals surface area contributed by atoms with E-state index in [1.807, 2.05) is 25.1 Å². The molecule has 0 saturated carbocycles. The third-order valence-electron chi connectivity index (χ3n) is 7.11. The lowest BCUT2D eigenvalue weighted by atomic mass is 10.0. The molecule has 0 unspecified atom stereocenters. The predicted molar refractivity (Wildman–Crippen MR) is 145 cm³/mol. The monoisotopic (exact) mass is 499 g/mol. The number of hydrogen-bond acceptors (Lipinski definition) is 7. The van der Waals surface area contributed by atoms with Crippen LogP contribution in [0.1, 0.15) is 5.56 Å². The first-order valence-electron chi connectivity index (χ1n) is 12.7. The van der Waals surface area contributed by atoms with E-state index in [1.165, 1.54) is 6.07 Å². The van der Waals surface area contributed by atoms with Gasteiger partial charge in [0.25, 0.3) is 0 Å². The largest absolute Gasteiger partial charge is 0.378 e. The number of pyridine rings is 2. The highest BCUT2D eigenvalue weighted by Gasteiger charge is 2.21. The fourth-order valence-electron chi connectivity index (χ4n) is 5.15. The molecular formula is C29H30FN5O2. The normalized spacial score (nSPS) is 16.3. The Labute approximate surface area is 215 Å². The van der Waals surface area contributed by atoms with Crippen molar-refractivity contribution >= 4 is 33.7 Å². The van der Waals surface area contributed by atoms with Crippen LogP contribution in [-0.2, 0) is 9.47 Å². The first kappa shape index (κ1) is 23.6. The molecule has 2 aromatic heterocycles. The summed E-state index contributed by atoms with van der Waals surface area (Å²) < 4.78 is 26.2. The van der Waals surface area contributed by atoms with E-state index >= 15 is 4.39 Å². The minimum Gasteiger partial charge on any atom is -0.378 e. The zero-order valence-corrected chi connectivity index (χ0v) is 20.9. The van der Waals surface area contributed by atoms with Crippen LogP contribution in [-0.4, -0.2) is 62.6 Å². The van der Waals surface area contributed by atoms with Crippen LogP contribution < -0.4 is 15.1 Å². The molecule has 6 rings (SSSR count). The van der Waals surface area contributed by atoms with Crippen molar-refractivity contribution in [2.75, 3.05) is 67.7 Å². The van der Waals surface area contributed by atoms with Crippen LogP contribution in [0.5, 0.6) is 0 Å². The zero-order chi connectivity index (χ0) is 25.2. The molecule has 0 aliphatic carbocycles. The van der Waals surface area contributed by atoms with E-state index in [0.717, 1.165) is 78.7 Å². The molecule has 2 aliphatic heterocycles. The summed E-state index contributed by atoms with van der Waals surface area (Å²) in [7, 11) is 0. The SMILES string of the molecule is Cc1c(-c2cccnc2)nc2c(F)cccc2c1Nc1cc(N2CCOCC2)ccc1N1CCOCC1. The third-order valence-corrected chi connectivity index (χ3v) is 7.11. The third kappa shape index (κ3) is 4.70. The van der Waals surface area contributed by atoms with Gasteiger partial charge in [-0.15, -0.1) is 0 Å². The Hall–Kier alpha value is -3.75. The number of aromatic nitrogens is 2. The van der Waals surface area contributed by atoms with Crippen molar-refractivity contribution in [3.05, 3.63) is 72.3 Å². The van der Waals surface area contributed by atoms with Crippen LogP contribution in [0.4, 0.5) is 27.1 Å². The summed E-state index contributed by atoms with van der Waals surface area (Å²) in [5.74, 6) is -0.346. The number of para-hydroxylation sites is 1. The van der Waals surface area contributed by atoms with Crippen molar-refractivity contribution in [2.45, 2.75) is 6.92 Å². The van der Waals surface area contributed by atoms with Crippen molar-refractivity contribution in [3.8, 4) is 11.3 Å². The second kappa shape index (κ2) is 10.3. The molecule has 2 fully saturated rings. The molecule has 190 valence electrons. The summed E-state index contributed by atoms with van der Waals surface area (Å²) in [6, 6.07) is 15.5. The quantitative estimate of drug-likeness (QED) is 0.407. The summed E-state index contributed by atoms with van der Waals surface area (Å²) in [4.78, 5) is 13.7. The minimum atomic E-state index is -0.346. The molecule has 0 atom stereocenters. The Balaban J connectivity index is 1.50. The lowest BCUT2D eigenvalue weighted by Crippen LogP contribution is -2.37. The van der Waals surface area contributed by atoms with Gasteiger partial charge in [0.2, 0.25) is 0 Å². The molecule has 1 N–H and O–H groups in total. The summed E-state index contributed by atoms with van der Waals surface area (Å²) in [5.41, 5.74) is 6.90. The predicted octanol–water partition coefficient (Wildman–Crippen LogP) is 5.16. The Morgan fingerprint density at radius 3 is 2.38 bits per heavy atom. The number of fused-ring (bicyclic) bond motifs is 1. The van der Waals surface area contributed by atoms with E-state index < -0.39 is 0 Å². The highest BCUT2D eigenvalue weighted by molar-refractivity contribution is 5.99. The summed E-state index contributed by atoms with van der Waals surface area (Å²) in [6.07, 6.45) is 3.50. The average molecular weight is 500 g/mol. The number of nitrogens with zero attached hydrogens (tertiary/aromatic N) is 4. The van der Waals surface area contributed by atoms with E-state index in [-0.39, 0.29) is 5.82 Å². The Morgan fingerprint density at radius 1 is 0.892 bits per heavy atom. The number of ether oxygens (including phenoxy) is 2. The highest BCUT2D eigenvalue weighted by Crippen LogP contribution is 2.39. The lowest BCUT2D eigenvalue weighted by Gasteiger charge is -2.33. The van der Waals surface area contributed by atoms with Crippen molar-refractivity contribution in [3.63, 3.8) is 0 Å². The van der Waals surface area contributed by atoms with Crippen molar-refractivity contribution in [2.24, 2.45) is 0 Å². The number of hydrogen-bond donors (Lipinski definition) is 1. The van der Waals surface area contributed by atoms with Crippen LogP contribution in [0, 0.1) is 12.7 Å². The zero-order valence-electron chi connectivity index (χ0n) is 20.9. The molecule has 4 aromatic rings. The number of benzene rings is 2. The van der Waals surface area contributed by atoms with Gasteiger partial charge in [0, 0.05) is 55.2 Å². The van der Waals surface area contributed by atoms with Gasteiger partial charge in [-0.25, -0.2) is 9.37 Å². The number of morpholine rings is 2. The summed E-state index contributed by atoms with van der Waals surface area (Å²) in [6.45, 7) is 8.19. The maximum Gasteiger partial charge on any atom is 0.149 e. The van der Waals surface area contributed by atoms with Gasteiger partial charge in [-0.1, -0.05) is 12.1 Å². The Morgan fingerprint density at radius 2 is 1.65 bits per heavy atom. The maximum atomic E-state index is 15.1.